The van der Waals surface area contributed by atoms with Crippen LogP contribution < -0.4 is 5.32 Å². The zero-order chi connectivity index (χ0) is 16.0. The average molecular weight is 315 g/mol. The van der Waals surface area contributed by atoms with Crippen LogP contribution in [-0.2, 0) is 4.79 Å². The Morgan fingerprint density at radius 1 is 1.48 bits per heavy atom. The first-order chi connectivity index (χ1) is 9.86. The number of nitrogens with one attached hydrogen (secondary N) is 1. The number of carboxylic acid groups (broad SMARTS) is 1. The number of nitro groups is 1. The van der Waals surface area contributed by atoms with Crippen molar-refractivity contribution in [2.75, 3.05) is 6.54 Å². The molecule has 0 aliphatic rings. The first-order valence-electron chi connectivity index (χ1n) is 6.29. The predicted molar refractivity (Wildman–Crippen MR) is 76.5 cm³/mol. The molecule has 1 aromatic rings. The normalized spacial score (nSPS) is 11.7. The monoisotopic (exact) mass is 314 g/mol. The summed E-state index contributed by atoms with van der Waals surface area (Å²) in [6.07, 6.45) is 0.536. The second-order valence-corrected chi connectivity index (χ2v) is 4.86. The molecule has 1 unspecified atom stereocenters. The number of benzene rings is 1. The lowest BCUT2D eigenvalue weighted by Gasteiger charge is -2.13. The van der Waals surface area contributed by atoms with Crippen molar-refractivity contribution in [1.29, 1.82) is 0 Å². The van der Waals surface area contributed by atoms with Crippen LogP contribution in [0.2, 0.25) is 5.02 Å². The molecule has 0 saturated heterocycles. The van der Waals surface area contributed by atoms with Crippen molar-refractivity contribution in [3.63, 3.8) is 0 Å². The SMILES string of the molecule is CCC(CNC(=O)c1cccc([N+](=O)[O-])c1Cl)CC(=O)O. The fraction of sp³-hybridized carbons (Fsp3) is 0.385. The van der Waals surface area contributed by atoms with Crippen LogP contribution in [0.25, 0.3) is 0 Å². The van der Waals surface area contributed by atoms with E-state index in [4.69, 9.17) is 16.7 Å². The lowest BCUT2D eigenvalue weighted by molar-refractivity contribution is -0.384. The van der Waals surface area contributed by atoms with Crippen LogP contribution in [0.1, 0.15) is 30.1 Å². The molecule has 0 heterocycles. The molecule has 114 valence electrons. The minimum Gasteiger partial charge on any atom is -0.481 e. The Labute approximate surface area is 126 Å². The van der Waals surface area contributed by atoms with E-state index in [1.807, 2.05) is 6.92 Å². The van der Waals surface area contributed by atoms with E-state index in [-0.39, 0.29) is 35.2 Å². The maximum atomic E-state index is 12.0. The molecule has 0 saturated carbocycles. The van der Waals surface area contributed by atoms with Gasteiger partial charge in [0, 0.05) is 19.0 Å². The van der Waals surface area contributed by atoms with Crippen molar-refractivity contribution >= 4 is 29.2 Å². The topological polar surface area (TPSA) is 110 Å². The van der Waals surface area contributed by atoms with Crippen molar-refractivity contribution in [3.8, 4) is 0 Å². The number of carbonyl (C=O) groups is 2. The van der Waals surface area contributed by atoms with Crippen molar-refractivity contribution in [1.82, 2.24) is 5.32 Å². The van der Waals surface area contributed by atoms with Gasteiger partial charge in [-0.15, -0.1) is 0 Å². The van der Waals surface area contributed by atoms with Gasteiger partial charge in [0.1, 0.15) is 5.02 Å². The molecule has 1 rings (SSSR count). The molecule has 0 radical (unpaired) electrons. The summed E-state index contributed by atoms with van der Waals surface area (Å²) in [6.45, 7) is 1.99. The number of hydrogen-bond acceptors (Lipinski definition) is 4. The van der Waals surface area contributed by atoms with Crippen LogP contribution in [0.5, 0.6) is 0 Å². The van der Waals surface area contributed by atoms with E-state index in [0.29, 0.717) is 6.42 Å². The Morgan fingerprint density at radius 2 is 2.14 bits per heavy atom. The van der Waals surface area contributed by atoms with Crippen molar-refractivity contribution in [2.24, 2.45) is 5.92 Å². The van der Waals surface area contributed by atoms with Gasteiger partial charge in [0.15, 0.2) is 0 Å². The largest absolute Gasteiger partial charge is 0.481 e. The highest BCUT2D eigenvalue weighted by molar-refractivity contribution is 6.35. The third-order valence-corrected chi connectivity index (χ3v) is 3.41. The summed E-state index contributed by atoms with van der Waals surface area (Å²) in [5.41, 5.74) is -0.349. The first-order valence-corrected chi connectivity index (χ1v) is 6.67. The molecule has 0 spiro atoms. The van der Waals surface area contributed by atoms with E-state index in [0.717, 1.165) is 0 Å². The molecule has 0 bridgehead atoms. The second kappa shape index (κ2) is 7.58. The molecule has 1 amide bonds. The van der Waals surface area contributed by atoms with E-state index in [2.05, 4.69) is 5.32 Å². The lowest BCUT2D eigenvalue weighted by atomic mass is 10.0. The van der Waals surface area contributed by atoms with E-state index in [9.17, 15) is 19.7 Å². The summed E-state index contributed by atoms with van der Waals surface area (Å²) in [7, 11) is 0. The van der Waals surface area contributed by atoms with Gasteiger partial charge >= 0.3 is 5.97 Å². The van der Waals surface area contributed by atoms with E-state index in [1.54, 1.807) is 0 Å². The molecule has 8 heteroatoms. The molecule has 0 aliphatic heterocycles. The van der Waals surface area contributed by atoms with Gasteiger partial charge < -0.3 is 10.4 Å². The van der Waals surface area contributed by atoms with Gasteiger partial charge in [-0.25, -0.2) is 0 Å². The van der Waals surface area contributed by atoms with E-state index < -0.39 is 16.8 Å². The molecule has 0 aromatic heterocycles. The minimum atomic E-state index is -0.940. The summed E-state index contributed by atoms with van der Waals surface area (Å²) >= 11 is 5.84. The van der Waals surface area contributed by atoms with Gasteiger partial charge in [0.25, 0.3) is 11.6 Å². The molecule has 0 aliphatic carbocycles. The number of carbonyl (C=O) groups excluding carboxylic acids is 1. The number of nitro benzene ring substituents is 1. The van der Waals surface area contributed by atoms with E-state index in [1.165, 1.54) is 18.2 Å². The summed E-state index contributed by atoms with van der Waals surface area (Å²) in [4.78, 5) is 32.7. The molecule has 21 heavy (non-hydrogen) atoms. The summed E-state index contributed by atoms with van der Waals surface area (Å²) in [5.74, 6) is -1.71. The molecule has 7 nitrogen and oxygen atoms in total. The average Bonchev–Trinajstić information content (AvgIpc) is 2.42. The van der Waals surface area contributed by atoms with Crippen molar-refractivity contribution in [3.05, 3.63) is 38.9 Å². The molecule has 0 fully saturated rings. The highest BCUT2D eigenvalue weighted by Gasteiger charge is 2.20. The van der Waals surface area contributed by atoms with Gasteiger partial charge in [-0.2, -0.15) is 0 Å². The quantitative estimate of drug-likeness (QED) is 0.593. The Bertz CT molecular complexity index is 561. The Morgan fingerprint density at radius 3 is 2.67 bits per heavy atom. The minimum absolute atomic E-state index is 0.00366. The fourth-order valence-electron chi connectivity index (χ4n) is 1.78. The number of carboxylic acids is 1. The number of nitrogens with zero attached hydrogens (tertiary/aromatic N) is 1. The maximum absolute atomic E-state index is 12.0. The van der Waals surface area contributed by atoms with Crippen LogP contribution in [0.15, 0.2) is 18.2 Å². The standard InChI is InChI=1S/C13H15ClN2O5/c1-2-8(6-11(17)18)7-15-13(19)9-4-3-5-10(12(9)14)16(20)21/h3-5,8H,2,6-7H2,1H3,(H,15,19)(H,17,18). The highest BCUT2D eigenvalue weighted by atomic mass is 35.5. The Kier molecular flexibility index (Phi) is 6.10. The lowest BCUT2D eigenvalue weighted by Crippen LogP contribution is -2.30. The molecule has 2 N–H and O–H groups in total. The number of rotatable bonds is 7. The Balaban J connectivity index is 2.78. The summed E-state index contributed by atoms with van der Waals surface area (Å²) < 4.78 is 0. The van der Waals surface area contributed by atoms with Crippen LogP contribution >= 0.6 is 11.6 Å². The van der Waals surface area contributed by atoms with Crippen LogP contribution in [0.3, 0.4) is 0 Å². The molecular formula is C13H15ClN2O5. The number of halogens is 1. The molecule has 1 atom stereocenters. The maximum Gasteiger partial charge on any atom is 0.303 e. The van der Waals surface area contributed by atoms with Crippen LogP contribution in [0, 0.1) is 16.0 Å². The van der Waals surface area contributed by atoms with Crippen molar-refractivity contribution in [2.45, 2.75) is 19.8 Å². The zero-order valence-corrected chi connectivity index (χ0v) is 12.1. The van der Waals surface area contributed by atoms with Gasteiger partial charge in [-0.3, -0.25) is 19.7 Å². The first kappa shape index (κ1) is 16.9. The van der Waals surface area contributed by atoms with E-state index >= 15 is 0 Å². The summed E-state index contributed by atoms with van der Waals surface area (Å²) in [6, 6.07) is 3.95. The number of amides is 1. The molecule has 1 aromatic carbocycles. The smallest absolute Gasteiger partial charge is 0.303 e. The predicted octanol–water partition coefficient (Wildman–Crippen LogP) is 2.48. The third-order valence-electron chi connectivity index (χ3n) is 3.01. The van der Waals surface area contributed by atoms with Gasteiger partial charge in [-0.1, -0.05) is 31.0 Å². The third kappa shape index (κ3) is 4.71. The number of hydrogen-bond donors (Lipinski definition) is 2. The second-order valence-electron chi connectivity index (χ2n) is 4.48. The highest BCUT2D eigenvalue weighted by Crippen LogP contribution is 2.27. The van der Waals surface area contributed by atoms with Gasteiger partial charge in [0.2, 0.25) is 0 Å². The molecular weight excluding hydrogens is 300 g/mol. The Hall–Kier alpha value is -2.15. The fourth-order valence-corrected chi connectivity index (χ4v) is 2.06. The van der Waals surface area contributed by atoms with Crippen LogP contribution in [0.4, 0.5) is 5.69 Å². The van der Waals surface area contributed by atoms with Crippen molar-refractivity contribution < 1.29 is 19.6 Å². The summed E-state index contributed by atoms with van der Waals surface area (Å²) in [5, 5.41) is 21.8. The number of aliphatic carboxylic acids is 1. The zero-order valence-electron chi connectivity index (χ0n) is 11.3. The van der Waals surface area contributed by atoms with Crippen LogP contribution in [-0.4, -0.2) is 28.5 Å². The van der Waals surface area contributed by atoms with Gasteiger partial charge in [-0.05, 0) is 12.0 Å². The van der Waals surface area contributed by atoms with Gasteiger partial charge in [0.05, 0.1) is 10.5 Å².